The molecule has 0 radical (unpaired) electrons. The molecule has 0 saturated carbocycles. The molecule has 0 atom stereocenters. The second-order valence-corrected chi connectivity index (χ2v) is 8.09. The van der Waals surface area contributed by atoms with E-state index in [0.717, 1.165) is 26.2 Å². The number of methoxy groups -OCH3 is 2. The number of rotatable bonds is 9. The third kappa shape index (κ3) is 4.97. The van der Waals surface area contributed by atoms with Gasteiger partial charge >= 0.3 is 0 Å². The molecule has 0 spiro atoms. The lowest BCUT2D eigenvalue weighted by atomic mass is 10.1. The molecule has 0 aliphatic rings. The summed E-state index contributed by atoms with van der Waals surface area (Å²) >= 11 is 1.60. The van der Waals surface area contributed by atoms with Gasteiger partial charge in [0.25, 0.3) is 0 Å². The summed E-state index contributed by atoms with van der Waals surface area (Å²) in [7, 11) is 3.21. The minimum atomic E-state index is -0.101. The van der Waals surface area contributed by atoms with Crippen LogP contribution in [0.1, 0.15) is 5.56 Å². The lowest BCUT2D eigenvalue weighted by molar-refractivity contribution is -0.119. The van der Waals surface area contributed by atoms with E-state index in [1.807, 2.05) is 36.4 Å². The number of carbonyl (C=O) groups excluding carboxylic acids is 1. The summed E-state index contributed by atoms with van der Waals surface area (Å²) < 4.78 is 10.6. The predicted octanol–water partition coefficient (Wildman–Crippen LogP) is 4.15. The molecule has 4 rings (SSSR count). The monoisotopic (exact) mass is 448 g/mol. The fourth-order valence-corrected chi connectivity index (χ4v) is 4.35. The molecule has 2 aromatic heterocycles. The SMILES string of the molecule is COc1ccc(CCNC(=O)CNc2ncnc3sc(-c4ccccc4)cc23)cc1OC. The van der Waals surface area contributed by atoms with Crippen molar-refractivity contribution in [2.75, 3.05) is 32.6 Å². The maximum Gasteiger partial charge on any atom is 0.239 e. The van der Waals surface area contributed by atoms with Crippen molar-refractivity contribution in [2.45, 2.75) is 6.42 Å². The molecule has 0 unspecified atom stereocenters. The molecule has 164 valence electrons. The third-order valence-electron chi connectivity index (χ3n) is 4.99. The zero-order valence-electron chi connectivity index (χ0n) is 17.9. The number of hydrogen-bond donors (Lipinski definition) is 2. The maximum atomic E-state index is 12.3. The van der Waals surface area contributed by atoms with Gasteiger partial charge in [0, 0.05) is 11.4 Å². The van der Waals surface area contributed by atoms with E-state index >= 15 is 0 Å². The second kappa shape index (κ2) is 10.1. The van der Waals surface area contributed by atoms with E-state index in [9.17, 15) is 4.79 Å². The number of nitrogens with zero attached hydrogens (tertiary/aromatic N) is 2. The molecule has 0 aliphatic carbocycles. The molecule has 7 nitrogen and oxygen atoms in total. The molecule has 32 heavy (non-hydrogen) atoms. The molecule has 2 heterocycles. The summed E-state index contributed by atoms with van der Waals surface area (Å²) in [6.07, 6.45) is 2.21. The maximum absolute atomic E-state index is 12.3. The summed E-state index contributed by atoms with van der Waals surface area (Å²) in [6, 6.07) is 18.0. The van der Waals surface area contributed by atoms with Gasteiger partial charge in [-0.1, -0.05) is 36.4 Å². The molecule has 0 saturated heterocycles. The molecular weight excluding hydrogens is 424 g/mol. The van der Waals surface area contributed by atoms with Crippen LogP contribution in [0.3, 0.4) is 0 Å². The molecule has 0 aliphatic heterocycles. The first-order valence-electron chi connectivity index (χ1n) is 10.2. The van der Waals surface area contributed by atoms with Crippen LogP contribution in [0.15, 0.2) is 60.9 Å². The van der Waals surface area contributed by atoms with Gasteiger partial charge in [-0.25, -0.2) is 9.97 Å². The molecule has 1 amide bonds. The number of aromatic nitrogens is 2. The van der Waals surface area contributed by atoms with Gasteiger partial charge in [0.05, 0.1) is 26.2 Å². The van der Waals surface area contributed by atoms with Gasteiger partial charge in [0.2, 0.25) is 5.91 Å². The van der Waals surface area contributed by atoms with Crippen LogP contribution in [-0.4, -0.2) is 43.2 Å². The minimum Gasteiger partial charge on any atom is -0.493 e. The Hall–Kier alpha value is -3.65. The number of benzene rings is 2. The summed E-state index contributed by atoms with van der Waals surface area (Å²) in [5, 5.41) is 6.99. The molecule has 8 heteroatoms. The summed E-state index contributed by atoms with van der Waals surface area (Å²) in [6.45, 7) is 0.653. The Kier molecular flexibility index (Phi) is 6.81. The lowest BCUT2D eigenvalue weighted by Gasteiger charge is -2.10. The Morgan fingerprint density at radius 2 is 1.81 bits per heavy atom. The van der Waals surface area contributed by atoms with Gasteiger partial charge in [-0.3, -0.25) is 4.79 Å². The molecular formula is C24H24N4O3S. The van der Waals surface area contributed by atoms with Gasteiger partial charge < -0.3 is 20.1 Å². The van der Waals surface area contributed by atoms with Crippen LogP contribution in [0.5, 0.6) is 11.5 Å². The Labute approximate surface area is 190 Å². The molecule has 4 aromatic rings. The topological polar surface area (TPSA) is 85.4 Å². The predicted molar refractivity (Wildman–Crippen MR) is 128 cm³/mol. The average molecular weight is 449 g/mol. The van der Waals surface area contributed by atoms with Crippen LogP contribution in [0.4, 0.5) is 5.82 Å². The highest BCUT2D eigenvalue weighted by atomic mass is 32.1. The van der Waals surface area contributed by atoms with Crippen LogP contribution >= 0.6 is 11.3 Å². The van der Waals surface area contributed by atoms with Gasteiger partial charge in [-0.15, -0.1) is 11.3 Å². The lowest BCUT2D eigenvalue weighted by Crippen LogP contribution is -2.31. The van der Waals surface area contributed by atoms with E-state index in [4.69, 9.17) is 9.47 Å². The number of hydrogen-bond acceptors (Lipinski definition) is 7. The van der Waals surface area contributed by atoms with Crippen molar-refractivity contribution < 1.29 is 14.3 Å². The van der Waals surface area contributed by atoms with Crippen molar-refractivity contribution in [1.82, 2.24) is 15.3 Å². The standard InChI is InChI=1S/C24H24N4O3S/c1-30-19-9-8-16(12-20(19)31-2)10-11-25-22(29)14-26-23-18-13-21(17-6-4-3-5-7-17)32-24(18)28-15-27-23/h3-9,12-13,15H,10-11,14H2,1-2H3,(H,25,29)(H,26,27,28). The largest absolute Gasteiger partial charge is 0.493 e. The zero-order valence-corrected chi connectivity index (χ0v) is 18.7. The number of amides is 1. The number of carbonyl (C=O) groups is 1. The Morgan fingerprint density at radius 3 is 2.59 bits per heavy atom. The van der Waals surface area contributed by atoms with Crippen LogP contribution < -0.4 is 20.1 Å². The van der Waals surface area contributed by atoms with E-state index in [1.54, 1.807) is 25.6 Å². The highest BCUT2D eigenvalue weighted by molar-refractivity contribution is 7.21. The van der Waals surface area contributed by atoms with E-state index in [0.29, 0.717) is 30.3 Å². The number of thiophene rings is 1. The third-order valence-corrected chi connectivity index (χ3v) is 6.08. The quantitative estimate of drug-likeness (QED) is 0.400. The van der Waals surface area contributed by atoms with Gasteiger partial charge in [0.1, 0.15) is 17.0 Å². The van der Waals surface area contributed by atoms with Gasteiger partial charge in [-0.05, 0) is 35.7 Å². The Morgan fingerprint density at radius 1 is 1.00 bits per heavy atom. The van der Waals surface area contributed by atoms with Crippen molar-refractivity contribution in [3.05, 3.63) is 66.5 Å². The minimum absolute atomic E-state index is 0.101. The van der Waals surface area contributed by atoms with Gasteiger partial charge in [-0.2, -0.15) is 0 Å². The van der Waals surface area contributed by atoms with Crippen molar-refractivity contribution in [3.8, 4) is 21.9 Å². The van der Waals surface area contributed by atoms with E-state index < -0.39 is 0 Å². The van der Waals surface area contributed by atoms with Crippen molar-refractivity contribution in [2.24, 2.45) is 0 Å². The molecule has 0 fully saturated rings. The molecule has 2 N–H and O–H groups in total. The van der Waals surface area contributed by atoms with Crippen LogP contribution in [-0.2, 0) is 11.2 Å². The van der Waals surface area contributed by atoms with Crippen LogP contribution in [0, 0.1) is 0 Å². The average Bonchev–Trinajstić information content (AvgIpc) is 3.28. The van der Waals surface area contributed by atoms with E-state index in [-0.39, 0.29) is 12.5 Å². The first kappa shape index (κ1) is 21.6. The van der Waals surface area contributed by atoms with Crippen molar-refractivity contribution in [3.63, 3.8) is 0 Å². The number of fused-ring (bicyclic) bond motifs is 1. The Balaban J connectivity index is 1.33. The number of anilines is 1. The highest BCUT2D eigenvalue weighted by Gasteiger charge is 2.11. The van der Waals surface area contributed by atoms with Crippen LogP contribution in [0.2, 0.25) is 0 Å². The number of ether oxygens (including phenoxy) is 2. The first-order valence-corrected chi connectivity index (χ1v) is 11.0. The smallest absolute Gasteiger partial charge is 0.239 e. The van der Waals surface area contributed by atoms with E-state index in [2.05, 4.69) is 38.8 Å². The fourth-order valence-electron chi connectivity index (χ4n) is 3.35. The van der Waals surface area contributed by atoms with Gasteiger partial charge in [0.15, 0.2) is 11.5 Å². The normalized spacial score (nSPS) is 10.7. The molecule has 2 aromatic carbocycles. The van der Waals surface area contributed by atoms with Crippen molar-refractivity contribution in [1.29, 1.82) is 0 Å². The van der Waals surface area contributed by atoms with Crippen LogP contribution in [0.25, 0.3) is 20.7 Å². The number of nitrogens with one attached hydrogen (secondary N) is 2. The second-order valence-electron chi connectivity index (χ2n) is 7.06. The summed E-state index contributed by atoms with van der Waals surface area (Å²) in [4.78, 5) is 23.0. The summed E-state index contributed by atoms with van der Waals surface area (Å²) in [5.41, 5.74) is 2.19. The fraction of sp³-hybridized carbons (Fsp3) is 0.208. The molecule has 0 bridgehead atoms. The Bertz CT molecular complexity index is 1210. The van der Waals surface area contributed by atoms with E-state index in [1.165, 1.54) is 6.33 Å². The van der Waals surface area contributed by atoms with Crippen molar-refractivity contribution >= 4 is 33.3 Å². The zero-order chi connectivity index (χ0) is 22.3. The summed E-state index contributed by atoms with van der Waals surface area (Å²) in [5.74, 6) is 1.92. The first-order chi connectivity index (χ1) is 15.7. The highest BCUT2D eigenvalue weighted by Crippen LogP contribution is 2.34.